The van der Waals surface area contributed by atoms with Crippen LogP contribution in [0.4, 0.5) is 5.69 Å². The van der Waals surface area contributed by atoms with Crippen LogP contribution in [0, 0.1) is 0 Å². The second kappa shape index (κ2) is 5.78. The Morgan fingerprint density at radius 3 is 2.82 bits per heavy atom. The highest BCUT2D eigenvalue weighted by molar-refractivity contribution is 7.18. The lowest BCUT2D eigenvalue weighted by molar-refractivity contribution is 0.0596. The number of rotatable bonds is 3. The molecule has 0 bridgehead atoms. The summed E-state index contributed by atoms with van der Waals surface area (Å²) in [6.07, 6.45) is 0. The standard InChI is InChI=1S/C14H10ClN3O3S/c1-21-14(20)12-8-6-7(2-3-9(8)17-18-12)16-13(19)10-4-5-11(15)22-10/h2-6H,1H3,(H,16,19)(H,17,18). The first kappa shape index (κ1) is 14.6. The third-order valence-electron chi connectivity index (χ3n) is 3.00. The Morgan fingerprint density at radius 2 is 2.14 bits per heavy atom. The van der Waals surface area contributed by atoms with E-state index in [1.165, 1.54) is 18.4 Å². The van der Waals surface area contributed by atoms with Gasteiger partial charge in [0.1, 0.15) is 0 Å². The van der Waals surface area contributed by atoms with Gasteiger partial charge in [-0.3, -0.25) is 9.89 Å². The predicted molar refractivity (Wildman–Crippen MR) is 84.7 cm³/mol. The molecule has 22 heavy (non-hydrogen) atoms. The minimum absolute atomic E-state index is 0.174. The monoisotopic (exact) mass is 335 g/mol. The normalized spacial score (nSPS) is 10.6. The minimum atomic E-state index is -0.542. The molecular formula is C14H10ClN3O3S. The smallest absolute Gasteiger partial charge is 0.359 e. The fraction of sp³-hybridized carbons (Fsp3) is 0.0714. The third-order valence-corrected chi connectivity index (χ3v) is 4.23. The van der Waals surface area contributed by atoms with E-state index >= 15 is 0 Å². The number of thiophene rings is 1. The second-order valence-electron chi connectivity index (χ2n) is 4.38. The highest BCUT2D eigenvalue weighted by Crippen LogP contribution is 2.24. The van der Waals surface area contributed by atoms with Crippen LogP contribution < -0.4 is 5.32 Å². The number of halogens is 1. The van der Waals surface area contributed by atoms with Gasteiger partial charge < -0.3 is 10.1 Å². The van der Waals surface area contributed by atoms with Crippen molar-refractivity contribution in [2.45, 2.75) is 0 Å². The predicted octanol–water partition coefficient (Wildman–Crippen LogP) is 3.32. The summed E-state index contributed by atoms with van der Waals surface area (Å²) in [6, 6.07) is 8.42. The van der Waals surface area contributed by atoms with Gasteiger partial charge in [0, 0.05) is 11.1 Å². The molecule has 112 valence electrons. The lowest BCUT2D eigenvalue weighted by Gasteiger charge is -2.04. The molecule has 8 heteroatoms. The zero-order chi connectivity index (χ0) is 15.7. The highest BCUT2D eigenvalue weighted by atomic mass is 35.5. The molecule has 0 aliphatic heterocycles. The van der Waals surface area contributed by atoms with Crippen LogP contribution in [0.2, 0.25) is 4.34 Å². The van der Waals surface area contributed by atoms with E-state index in [9.17, 15) is 9.59 Å². The molecule has 1 aromatic carbocycles. The van der Waals surface area contributed by atoms with E-state index in [-0.39, 0.29) is 11.6 Å². The Bertz CT molecular complexity index is 871. The molecule has 3 rings (SSSR count). The maximum Gasteiger partial charge on any atom is 0.359 e. The molecule has 0 saturated carbocycles. The van der Waals surface area contributed by atoms with E-state index in [2.05, 4.69) is 20.3 Å². The van der Waals surface area contributed by atoms with Crippen LogP contribution in [-0.4, -0.2) is 29.2 Å². The summed E-state index contributed by atoms with van der Waals surface area (Å²) >= 11 is 7.01. The number of benzene rings is 1. The lowest BCUT2D eigenvalue weighted by atomic mass is 10.2. The SMILES string of the molecule is COC(=O)c1n[nH]c2ccc(NC(=O)c3ccc(Cl)s3)cc12. The number of carbonyl (C=O) groups is 2. The number of hydrogen-bond acceptors (Lipinski definition) is 5. The van der Waals surface area contributed by atoms with Crippen molar-refractivity contribution in [3.63, 3.8) is 0 Å². The van der Waals surface area contributed by atoms with E-state index < -0.39 is 5.97 Å². The summed E-state index contributed by atoms with van der Waals surface area (Å²) in [5.74, 6) is -0.806. The number of fused-ring (bicyclic) bond motifs is 1. The molecule has 3 aromatic rings. The largest absolute Gasteiger partial charge is 0.464 e. The Labute approximate surface area is 134 Å². The number of ether oxygens (including phenoxy) is 1. The van der Waals surface area contributed by atoms with Crippen LogP contribution in [0.5, 0.6) is 0 Å². The average Bonchev–Trinajstić information content (AvgIpc) is 3.12. The number of anilines is 1. The number of methoxy groups -OCH3 is 1. The maximum absolute atomic E-state index is 12.1. The van der Waals surface area contributed by atoms with Crippen molar-refractivity contribution in [2.75, 3.05) is 12.4 Å². The van der Waals surface area contributed by atoms with Gasteiger partial charge in [-0.25, -0.2) is 4.79 Å². The van der Waals surface area contributed by atoms with Crippen molar-refractivity contribution in [2.24, 2.45) is 0 Å². The number of amides is 1. The molecule has 2 aromatic heterocycles. The van der Waals surface area contributed by atoms with Gasteiger partial charge in [0.15, 0.2) is 5.69 Å². The van der Waals surface area contributed by atoms with E-state index in [4.69, 9.17) is 11.6 Å². The summed E-state index contributed by atoms with van der Waals surface area (Å²) in [5.41, 5.74) is 1.40. The van der Waals surface area contributed by atoms with Crippen LogP contribution in [0.3, 0.4) is 0 Å². The fourth-order valence-electron chi connectivity index (χ4n) is 1.97. The van der Waals surface area contributed by atoms with Crippen LogP contribution >= 0.6 is 22.9 Å². The van der Waals surface area contributed by atoms with E-state index in [1.54, 1.807) is 30.3 Å². The summed E-state index contributed by atoms with van der Waals surface area (Å²) in [6.45, 7) is 0. The molecule has 0 aliphatic rings. The molecule has 1 amide bonds. The molecule has 0 saturated heterocycles. The summed E-state index contributed by atoms with van der Waals surface area (Å²) in [4.78, 5) is 24.2. The number of esters is 1. The molecule has 0 atom stereocenters. The maximum atomic E-state index is 12.1. The quantitative estimate of drug-likeness (QED) is 0.719. The zero-order valence-corrected chi connectivity index (χ0v) is 12.9. The van der Waals surface area contributed by atoms with Gasteiger partial charge in [-0.2, -0.15) is 5.10 Å². The van der Waals surface area contributed by atoms with Crippen LogP contribution in [-0.2, 0) is 4.74 Å². The Hall–Kier alpha value is -2.38. The van der Waals surface area contributed by atoms with Gasteiger partial charge in [-0.05, 0) is 30.3 Å². The van der Waals surface area contributed by atoms with Crippen molar-refractivity contribution in [3.05, 3.63) is 45.2 Å². The van der Waals surface area contributed by atoms with Gasteiger partial charge in [-0.15, -0.1) is 11.3 Å². The summed E-state index contributed by atoms with van der Waals surface area (Å²) in [5, 5.41) is 9.99. The van der Waals surface area contributed by atoms with Crippen LogP contribution in [0.1, 0.15) is 20.2 Å². The molecule has 0 spiro atoms. The number of H-pyrrole nitrogens is 1. The molecule has 0 aliphatic carbocycles. The van der Waals surface area contributed by atoms with E-state index in [0.717, 1.165) is 0 Å². The van der Waals surface area contributed by atoms with Gasteiger partial charge in [0.2, 0.25) is 0 Å². The van der Waals surface area contributed by atoms with Crippen LogP contribution in [0.25, 0.3) is 10.9 Å². The zero-order valence-electron chi connectivity index (χ0n) is 11.3. The van der Waals surface area contributed by atoms with Gasteiger partial charge in [-0.1, -0.05) is 11.6 Å². The van der Waals surface area contributed by atoms with Crippen molar-refractivity contribution in [1.29, 1.82) is 0 Å². The molecule has 6 nitrogen and oxygen atoms in total. The van der Waals surface area contributed by atoms with Gasteiger partial charge >= 0.3 is 5.97 Å². The number of carbonyl (C=O) groups excluding carboxylic acids is 2. The topological polar surface area (TPSA) is 84.1 Å². The Kier molecular flexibility index (Phi) is 3.82. The van der Waals surface area contributed by atoms with Crippen molar-refractivity contribution < 1.29 is 14.3 Å². The van der Waals surface area contributed by atoms with Gasteiger partial charge in [0.25, 0.3) is 5.91 Å². The highest BCUT2D eigenvalue weighted by Gasteiger charge is 2.16. The van der Waals surface area contributed by atoms with Crippen LogP contribution in [0.15, 0.2) is 30.3 Å². The first-order valence-electron chi connectivity index (χ1n) is 6.21. The van der Waals surface area contributed by atoms with Crippen molar-refractivity contribution >= 4 is 51.4 Å². The molecule has 0 radical (unpaired) electrons. The third kappa shape index (κ3) is 2.68. The first-order chi connectivity index (χ1) is 10.6. The van der Waals surface area contributed by atoms with Gasteiger partial charge in [0.05, 0.1) is 21.8 Å². The number of nitrogens with zero attached hydrogens (tertiary/aromatic N) is 1. The first-order valence-corrected chi connectivity index (χ1v) is 7.41. The Morgan fingerprint density at radius 1 is 1.32 bits per heavy atom. The Balaban J connectivity index is 1.91. The number of aromatic amines is 1. The summed E-state index contributed by atoms with van der Waals surface area (Å²) < 4.78 is 5.22. The average molecular weight is 336 g/mol. The molecule has 2 heterocycles. The summed E-state index contributed by atoms with van der Waals surface area (Å²) in [7, 11) is 1.29. The van der Waals surface area contributed by atoms with Crippen molar-refractivity contribution in [3.8, 4) is 0 Å². The number of aromatic nitrogens is 2. The van der Waals surface area contributed by atoms with Crippen molar-refractivity contribution in [1.82, 2.24) is 10.2 Å². The molecule has 0 fully saturated rings. The molecule has 2 N–H and O–H groups in total. The second-order valence-corrected chi connectivity index (χ2v) is 6.10. The number of hydrogen-bond donors (Lipinski definition) is 2. The lowest BCUT2D eigenvalue weighted by Crippen LogP contribution is -2.10. The van der Waals surface area contributed by atoms with E-state index in [0.29, 0.717) is 25.8 Å². The number of nitrogens with one attached hydrogen (secondary N) is 2. The fourth-order valence-corrected chi connectivity index (χ4v) is 2.91. The minimum Gasteiger partial charge on any atom is -0.464 e. The van der Waals surface area contributed by atoms with E-state index in [1.807, 2.05) is 0 Å². The molecular weight excluding hydrogens is 326 g/mol. The molecule has 0 unspecified atom stereocenters.